The number of aromatic nitrogens is 3. The van der Waals surface area contributed by atoms with E-state index in [1.807, 2.05) is 0 Å². The molecule has 0 unspecified atom stereocenters. The van der Waals surface area contributed by atoms with Gasteiger partial charge in [-0.2, -0.15) is 0 Å². The van der Waals surface area contributed by atoms with Gasteiger partial charge in [0.05, 0.1) is 24.3 Å². The van der Waals surface area contributed by atoms with Gasteiger partial charge in [-0.05, 0) is 6.07 Å². The number of rotatable bonds is 1. The normalized spacial score (nSPS) is 10.4. The number of carbonyl (C=O) groups is 1. The van der Waals surface area contributed by atoms with Crippen molar-refractivity contribution in [2.45, 2.75) is 0 Å². The van der Waals surface area contributed by atoms with Crippen molar-refractivity contribution >= 4 is 23.0 Å². The summed E-state index contributed by atoms with van der Waals surface area (Å²) in [6, 6.07) is 1.52. The number of fused-ring (bicyclic) bond motifs is 1. The van der Waals surface area contributed by atoms with Crippen LogP contribution in [0.15, 0.2) is 12.3 Å². The summed E-state index contributed by atoms with van der Waals surface area (Å²) in [4.78, 5) is 21.8. The minimum absolute atomic E-state index is 0.214. The second-order valence-corrected chi connectivity index (χ2v) is 2.70. The molecule has 0 aliphatic rings. The maximum atomic E-state index is 11.1. The molecule has 0 aliphatic heterocycles. The van der Waals surface area contributed by atoms with Gasteiger partial charge in [-0.1, -0.05) is 0 Å². The number of hydrogen-bond donors (Lipinski definition) is 2. The van der Waals surface area contributed by atoms with Crippen molar-refractivity contribution in [3.05, 3.63) is 18.0 Å². The van der Waals surface area contributed by atoms with E-state index in [1.165, 1.54) is 19.4 Å². The Kier molecular flexibility index (Phi) is 1.81. The molecule has 0 aromatic carbocycles. The number of imidazole rings is 1. The van der Waals surface area contributed by atoms with Crippen molar-refractivity contribution < 1.29 is 9.53 Å². The Morgan fingerprint density at radius 1 is 1.64 bits per heavy atom. The number of aromatic amines is 1. The van der Waals surface area contributed by atoms with Crippen LogP contribution < -0.4 is 5.73 Å². The van der Waals surface area contributed by atoms with Gasteiger partial charge in [-0.25, -0.2) is 14.8 Å². The van der Waals surface area contributed by atoms with E-state index in [9.17, 15) is 4.79 Å². The number of carbonyl (C=O) groups excluding carboxylic acids is 1. The highest BCUT2D eigenvalue weighted by molar-refractivity contribution is 5.91. The van der Waals surface area contributed by atoms with Gasteiger partial charge in [0.2, 0.25) is 0 Å². The molecule has 0 aliphatic carbocycles. The summed E-state index contributed by atoms with van der Waals surface area (Å²) in [7, 11) is 1.30. The molecule has 0 saturated heterocycles. The maximum absolute atomic E-state index is 11.1. The molecule has 2 rings (SSSR count). The van der Waals surface area contributed by atoms with E-state index in [-0.39, 0.29) is 5.69 Å². The first-order chi connectivity index (χ1) is 6.70. The molecule has 0 saturated carbocycles. The predicted octanol–water partition coefficient (Wildman–Crippen LogP) is 0.327. The Bertz CT molecular complexity index is 491. The summed E-state index contributed by atoms with van der Waals surface area (Å²) in [6.07, 6.45) is 1.49. The summed E-state index contributed by atoms with van der Waals surface area (Å²) in [6.45, 7) is 0. The molecule has 0 bridgehead atoms. The largest absolute Gasteiger partial charge is 0.464 e. The smallest absolute Gasteiger partial charge is 0.356 e. The zero-order chi connectivity index (χ0) is 10.1. The van der Waals surface area contributed by atoms with E-state index in [0.717, 1.165) is 0 Å². The Hall–Kier alpha value is -2.11. The molecule has 14 heavy (non-hydrogen) atoms. The predicted molar refractivity (Wildman–Crippen MR) is 49.6 cm³/mol. The molecule has 2 aromatic heterocycles. The van der Waals surface area contributed by atoms with Crippen molar-refractivity contribution in [2.24, 2.45) is 0 Å². The lowest BCUT2D eigenvalue weighted by atomic mass is 10.3. The van der Waals surface area contributed by atoms with Crippen LogP contribution in [0.1, 0.15) is 10.5 Å². The van der Waals surface area contributed by atoms with Crippen molar-refractivity contribution in [2.75, 3.05) is 12.8 Å². The minimum atomic E-state index is -0.492. The van der Waals surface area contributed by atoms with Gasteiger partial charge in [-0.3, -0.25) is 0 Å². The Balaban J connectivity index is 2.55. The number of H-pyrrole nitrogens is 1. The summed E-state index contributed by atoms with van der Waals surface area (Å²) < 4.78 is 4.52. The van der Waals surface area contributed by atoms with E-state index < -0.39 is 5.97 Å². The Morgan fingerprint density at radius 3 is 3.14 bits per heavy atom. The molecule has 0 atom stereocenters. The van der Waals surface area contributed by atoms with Crippen LogP contribution in [0.2, 0.25) is 0 Å². The molecule has 0 amide bonds. The first-order valence-electron chi connectivity index (χ1n) is 3.90. The molecule has 3 N–H and O–H groups in total. The van der Waals surface area contributed by atoms with Crippen molar-refractivity contribution in [3.8, 4) is 0 Å². The quantitative estimate of drug-likeness (QED) is 0.635. The average molecular weight is 192 g/mol. The van der Waals surface area contributed by atoms with Gasteiger partial charge in [0.15, 0.2) is 11.6 Å². The SMILES string of the molecule is COC(=O)c1cc2nc(N)[nH]c2cn1. The summed E-state index contributed by atoms with van der Waals surface area (Å²) in [5.74, 6) is -0.197. The summed E-state index contributed by atoms with van der Waals surface area (Å²) in [5, 5.41) is 0. The molecular weight excluding hydrogens is 184 g/mol. The third-order valence-electron chi connectivity index (χ3n) is 1.78. The van der Waals surface area contributed by atoms with Crippen LogP contribution in [0.3, 0.4) is 0 Å². The first-order valence-corrected chi connectivity index (χ1v) is 3.90. The van der Waals surface area contributed by atoms with Gasteiger partial charge < -0.3 is 15.5 Å². The lowest BCUT2D eigenvalue weighted by Gasteiger charge is -1.96. The molecule has 2 heterocycles. The van der Waals surface area contributed by atoms with Crippen LogP contribution in [0.25, 0.3) is 11.0 Å². The molecule has 2 aromatic rings. The maximum Gasteiger partial charge on any atom is 0.356 e. The van der Waals surface area contributed by atoms with Gasteiger partial charge in [0.1, 0.15) is 0 Å². The van der Waals surface area contributed by atoms with Gasteiger partial charge in [0.25, 0.3) is 0 Å². The van der Waals surface area contributed by atoms with E-state index >= 15 is 0 Å². The fourth-order valence-electron chi connectivity index (χ4n) is 1.15. The number of nitrogens with zero attached hydrogens (tertiary/aromatic N) is 2. The fraction of sp³-hybridized carbons (Fsp3) is 0.125. The monoisotopic (exact) mass is 192 g/mol. The highest BCUT2D eigenvalue weighted by Gasteiger charge is 2.09. The number of anilines is 1. The zero-order valence-electron chi connectivity index (χ0n) is 7.44. The molecule has 0 radical (unpaired) electrons. The Labute approximate surface area is 79.1 Å². The van der Waals surface area contributed by atoms with Crippen LogP contribution in [0.4, 0.5) is 5.95 Å². The highest BCUT2D eigenvalue weighted by Crippen LogP contribution is 2.12. The van der Waals surface area contributed by atoms with Crippen LogP contribution in [0, 0.1) is 0 Å². The van der Waals surface area contributed by atoms with Gasteiger partial charge >= 0.3 is 5.97 Å². The topological polar surface area (TPSA) is 93.9 Å². The summed E-state index contributed by atoms with van der Waals surface area (Å²) in [5.41, 5.74) is 6.94. The number of nitrogen functional groups attached to an aromatic ring is 1. The number of esters is 1. The standard InChI is InChI=1S/C8H8N4O2/c1-14-7(13)5-2-4-6(3-10-5)12-8(9)11-4/h2-3H,1H3,(H3,9,11,12). The van der Waals surface area contributed by atoms with Crippen LogP contribution in [-0.2, 0) is 4.74 Å². The van der Waals surface area contributed by atoms with Crippen molar-refractivity contribution in [1.82, 2.24) is 15.0 Å². The van der Waals surface area contributed by atoms with Crippen molar-refractivity contribution in [1.29, 1.82) is 0 Å². The number of hydrogen-bond acceptors (Lipinski definition) is 5. The van der Waals surface area contributed by atoms with Crippen LogP contribution in [0.5, 0.6) is 0 Å². The number of methoxy groups -OCH3 is 1. The third kappa shape index (κ3) is 1.26. The van der Waals surface area contributed by atoms with Crippen LogP contribution >= 0.6 is 0 Å². The van der Waals surface area contributed by atoms with Crippen molar-refractivity contribution in [3.63, 3.8) is 0 Å². The average Bonchev–Trinajstić information content (AvgIpc) is 2.55. The molecule has 6 nitrogen and oxygen atoms in total. The molecule has 6 heteroatoms. The number of nitrogens with one attached hydrogen (secondary N) is 1. The second kappa shape index (κ2) is 2.99. The fourth-order valence-corrected chi connectivity index (χ4v) is 1.15. The number of ether oxygens (including phenoxy) is 1. The number of nitrogens with two attached hydrogens (primary N) is 1. The molecule has 72 valence electrons. The molecule has 0 spiro atoms. The third-order valence-corrected chi connectivity index (χ3v) is 1.78. The Morgan fingerprint density at radius 2 is 2.43 bits per heavy atom. The molecular formula is C8H8N4O2. The van der Waals surface area contributed by atoms with E-state index in [1.54, 1.807) is 0 Å². The summed E-state index contributed by atoms with van der Waals surface area (Å²) >= 11 is 0. The lowest BCUT2D eigenvalue weighted by molar-refractivity contribution is 0.0594. The second-order valence-electron chi connectivity index (χ2n) is 2.70. The minimum Gasteiger partial charge on any atom is -0.464 e. The van der Waals surface area contributed by atoms with Gasteiger partial charge in [0, 0.05) is 0 Å². The van der Waals surface area contributed by atoms with Gasteiger partial charge in [-0.15, -0.1) is 0 Å². The van der Waals surface area contributed by atoms with E-state index in [2.05, 4.69) is 19.7 Å². The van der Waals surface area contributed by atoms with E-state index in [4.69, 9.17) is 5.73 Å². The van der Waals surface area contributed by atoms with E-state index in [0.29, 0.717) is 17.0 Å². The molecule has 0 fully saturated rings. The lowest BCUT2D eigenvalue weighted by Crippen LogP contribution is -2.03. The number of pyridine rings is 1. The zero-order valence-corrected chi connectivity index (χ0v) is 7.44. The first kappa shape index (κ1) is 8.49. The van der Waals surface area contributed by atoms with Crippen LogP contribution in [-0.4, -0.2) is 28.0 Å². The highest BCUT2D eigenvalue weighted by atomic mass is 16.5.